The normalized spacial score (nSPS) is 21.8. The number of rotatable bonds is 3. The van der Waals surface area contributed by atoms with Crippen LogP contribution < -0.4 is 11.1 Å². The smallest absolute Gasteiger partial charge is 0.408 e. The maximum Gasteiger partial charge on any atom is 0.420 e. The third-order valence-electron chi connectivity index (χ3n) is 3.86. The monoisotopic (exact) mass is 324 g/mol. The zero-order chi connectivity index (χ0) is 15.9. The largest absolute Gasteiger partial charge is 0.420 e. The maximum absolute atomic E-state index is 12.3. The second kappa shape index (κ2) is 5.28. The van der Waals surface area contributed by atoms with Crippen LogP contribution in [0.5, 0.6) is 0 Å². The third kappa shape index (κ3) is 2.66. The van der Waals surface area contributed by atoms with Crippen LogP contribution in [0.25, 0.3) is 11.1 Å². The number of nitrogens with one attached hydrogen (secondary N) is 1. The summed E-state index contributed by atoms with van der Waals surface area (Å²) in [5.74, 6) is -0.966. The highest BCUT2D eigenvalue weighted by molar-refractivity contribution is 7.91. The molecule has 0 aliphatic carbocycles. The second-order valence-electron chi connectivity index (χ2n) is 5.49. The van der Waals surface area contributed by atoms with E-state index in [0.29, 0.717) is 17.5 Å². The van der Waals surface area contributed by atoms with Gasteiger partial charge in [0.2, 0.25) is 5.91 Å². The van der Waals surface area contributed by atoms with E-state index in [1.807, 2.05) is 0 Å². The number of sulfone groups is 1. The molecule has 3 rings (SSSR count). The third-order valence-corrected chi connectivity index (χ3v) is 5.63. The first-order valence-electron chi connectivity index (χ1n) is 6.98. The molecule has 1 fully saturated rings. The summed E-state index contributed by atoms with van der Waals surface area (Å²) in [6, 6.07) is 5.67. The van der Waals surface area contributed by atoms with E-state index in [-0.39, 0.29) is 11.5 Å². The molecule has 1 amide bonds. The van der Waals surface area contributed by atoms with Crippen molar-refractivity contribution in [2.75, 3.05) is 11.5 Å². The number of nitrogens with zero attached hydrogens (tertiary/aromatic N) is 1. The molecular formula is C14H16N2O5S. The first kappa shape index (κ1) is 14.8. The molecular weight excluding hydrogens is 308 g/mol. The van der Waals surface area contributed by atoms with Crippen LogP contribution in [0.2, 0.25) is 0 Å². The minimum Gasteiger partial charge on any atom is -0.408 e. The second-order valence-corrected chi connectivity index (χ2v) is 7.72. The van der Waals surface area contributed by atoms with Crippen molar-refractivity contribution in [2.45, 2.75) is 25.4 Å². The quantitative estimate of drug-likeness (QED) is 0.884. The summed E-state index contributed by atoms with van der Waals surface area (Å²) < 4.78 is 29.2. The number of fused-ring (bicyclic) bond motifs is 1. The van der Waals surface area contributed by atoms with Crippen LogP contribution in [0.3, 0.4) is 0 Å². The van der Waals surface area contributed by atoms with Crippen LogP contribution in [0.4, 0.5) is 0 Å². The van der Waals surface area contributed by atoms with E-state index in [9.17, 15) is 18.0 Å². The van der Waals surface area contributed by atoms with Gasteiger partial charge in [0.25, 0.3) is 0 Å². The molecule has 1 aromatic heterocycles. The summed E-state index contributed by atoms with van der Waals surface area (Å²) in [5, 5.41) is 2.69. The fourth-order valence-corrected chi connectivity index (χ4v) is 4.37. The van der Waals surface area contributed by atoms with E-state index in [0.717, 1.165) is 0 Å². The van der Waals surface area contributed by atoms with E-state index in [2.05, 4.69) is 5.32 Å². The highest BCUT2D eigenvalue weighted by Gasteiger charge is 2.31. The van der Waals surface area contributed by atoms with Crippen LogP contribution >= 0.6 is 0 Å². The van der Waals surface area contributed by atoms with Crippen LogP contribution in [-0.2, 0) is 14.6 Å². The number of oxazole rings is 1. The standard InChI is InChI=1S/C14H16N2O5S/c1-9(13(17)15-10-6-7-22(19,20)8-10)16-11-4-2-3-5-12(11)21-14(16)18/h2-5,9-10H,6-8H2,1H3,(H,15,17). The average Bonchev–Trinajstić information content (AvgIpc) is 2.96. The van der Waals surface area contributed by atoms with Gasteiger partial charge in [0.15, 0.2) is 15.4 Å². The van der Waals surface area contributed by atoms with Crippen molar-refractivity contribution in [1.29, 1.82) is 0 Å². The van der Waals surface area contributed by atoms with Gasteiger partial charge in [-0.25, -0.2) is 13.2 Å². The fourth-order valence-electron chi connectivity index (χ4n) is 2.70. The van der Waals surface area contributed by atoms with Gasteiger partial charge in [0.05, 0.1) is 17.0 Å². The topological polar surface area (TPSA) is 98.4 Å². The van der Waals surface area contributed by atoms with Gasteiger partial charge in [-0.15, -0.1) is 0 Å². The Morgan fingerprint density at radius 1 is 1.41 bits per heavy atom. The number of hydrogen-bond acceptors (Lipinski definition) is 5. The first-order valence-corrected chi connectivity index (χ1v) is 8.80. The molecule has 1 saturated heterocycles. The average molecular weight is 324 g/mol. The van der Waals surface area contributed by atoms with Crippen molar-refractivity contribution in [3.63, 3.8) is 0 Å². The van der Waals surface area contributed by atoms with Gasteiger partial charge in [-0.05, 0) is 25.5 Å². The van der Waals surface area contributed by atoms with E-state index in [1.54, 1.807) is 31.2 Å². The Morgan fingerprint density at radius 3 is 2.82 bits per heavy atom. The van der Waals surface area contributed by atoms with Crippen molar-refractivity contribution >= 4 is 26.8 Å². The Kier molecular flexibility index (Phi) is 3.56. The van der Waals surface area contributed by atoms with Crippen molar-refractivity contribution in [2.24, 2.45) is 0 Å². The van der Waals surface area contributed by atoms with Crippen molar-refractivity contribution in [3.8, 4) is 0 Å². The van der Waals surface area contributed by atoms with Gasteiger partial charge in [0.1, 0.15) is 6.04 Å². The summed E-state index contributed by atoms with van der Waals surface area (Å²) in [7, 11) is -3.07. The van der Waals surface area contributed by atoms with Crippen LogP contribution in [0, 0.1) is 0 Å². The summed E-state index contributed by atoms with van der Waals surface area (Å²) in [5.41, 5.74) is 0.949. The molecule has 1 aromatic carbocycles. The minimum absolute atomic E-state index is 0.0491. The highest BCUT2D eigenvalue weighted by Crippen LogP contribution is 2.18. The zero-order valence-electron chi connectivity index (χ0n) is 12.0. The molecule has 1 aliphatic heterocycles. The molecule has 2 heterocycles. The predicted octanol–water partition coefficient (Wildman–Crippen LogP) is 0.459. The number of benzene rings is 1. The Bertz CT molecular complexity index is 880. The lowest BCUT2D eigenvalue weighted by Crippen LogP contribution is -2.41. The lowest BCUT2D eigenvalue weighted by atomic mass is 10.2. The molecule has 0 radical (unpaired) electrons. The molecule has 0 spiro atoms. The van der Waals surface area contributed by atoms with Crippen LogP contribution in [0.15, 0.2) is 33.5 Å². The molecule has 2 unspecified atom stereocenters. The maximum atomic E-state index is 12.3. The molecule has 7 nitrogen and oxygen atoms in total. The highest BCUT2D eigenvalue weighted by atomic mass is 32.2. The zero-order valence-corrected chi connectivity index (χ0v) is 12.8. The van der Waals surface area contributed by atoms with Crippen LogP contribution in [-0.4, -0.2) is 36.4 Å². The van der Waals surface area contributed by atoms with E-state index < -0.39 is 33.6 Å². The Balaban J connectivity index is 1.84. The van der Waals surface area contributed by atoms with E-state index in [1.165, 1.54) is 4.57 Å². The number of carbonyl (C=O) groups is 1. The van der Waals surface area contributed by atoms with Gasteiger partial charge in [-0.1, -0.05) is 12.1 Å². The lowest BCUT2D eigenvalue weighted by Gasteiger charge is -2.16. The Hall–Kier alpha value is -2.09. The summed E-state index contributed by atoms with van der Waals surface area (Å²) in [6.07, 6.45) is 0.405. The fraction of sp³-hybridized carbons (Fsp3) is 0.429. The minimum atomic E-state index is -3.07. The summed E-state index contributed by atoms with van der Waals surface area (Å²) in [6.45, 7) is 1.59. The number of aromatic nitrogens is 1. The number of para-hydroxylation sites is 2. The first-order chi connectivity index (χ1) is 10.4. The van der Waals surface area contributed by atoms with Gasteiger partial charge in [0, 0.05) is 6.04 Å². The molecule has 8 heteroatoms. The summed E-state index contributed by atoms with van der Waals surface area (Å²) in [4.78, 5) is 24.2. The Labute approximate surface area is 126 Å². The van der Waals surface area contributed by atoms with Gasteiger partial charge in [-0.3, -0.25) is 9.36 Å². The van der Waals surface area contributed by atoms with Gasteiger partial charge < -0.3 is 9.73 Å². The van der Waals surface area contributed by atoms with Crippen molar-refractivity contribution < 1.29 is 17.6 Å². The molecule has 22 heavy (non-hydrogen) atoms. The van der Waals surface area contributed by atoms with Gasteiger partial charge >= 0.3 is 5.76 Å². The lowest BCUT2D eigenvalue weighted by molar-refractivity contribution is -0.124. The van der Waals surface area contributed by atoms with E-state index in [4.69, 9.17) is 4.42 Å². The van der Waals surface area contributed by atoms with Crippen molar-refractivity contribution in [3.05, 3.63) is 34.8 Å². The predicted molar refractivity (Wildman–Crippen MR) is 80.4 cm³/mol. The van der Waals surface area contributed by atoms with Crippen molar-refractivity contribution in [1.82, 2.24) is 9.88 Å². The number of hydrogen-bond donors (Lipinski definition) is 1. The molecule has 0 bridgehead atoms. The number of amides is 1. The summed E-state index contributed by atoms with van der Waals surface area (Å²) >= 11 is 0. The molecule has 118 valence electrons. The molecule has 0 saturated carbocycles. The molecule has 2 aromatic rings. The molecule has 1 N–H and O–H groups in total. The molecule has 2 atom stereocenters. The van der Waals surface area contributed by atoms with E-state index >= 15 is 0 Å². The Morgan fingerprint density at radius 2 is 2.14 bits per heavy atom. The van der Waals surface area contributed by atoms with Crippen LogP contribution in [0.1, 0.15) is 19.4 Å². The van der Waals surface area contributed by atoms with Gasteiger partial charge in [-0.2, -0.15) is 0 Å². The molecule has 1 aliphatic rings. The SMILES string of the molecule is CC(C(=O)NC1CCS(=O)(=O)C1)n1c(=O)oc2ccccc21. The number of carbonyl (C=O) groups excluding carboxylic acids is 1.